The van der Waals surface area contributed by atoms with Crippen molar-refractivity contribution in [2.45, 2.75) is 12.8 Å². The molecule has 28 heavy (non-hydrogen) atoms. The van der Waals surface area contributed by atoms with Crippen LogP contribution < -0.4 is 5.32 Å². The van der Waals surface area contributed by atoms with Crippen molar-refractivity contribution in [3.05, 3.63) is 65.5 Å². The molecule has 0 spiro atoms. The van der Waals surface area contributed by atoms with Crippen molar-refractivity contribution >= 4 is 23.5 Å². The van der Waals surface area contributed by atoms with E-state index in [4.69, 9.17) is 0 Å². The molecule has 3 rings (SSSR count). The van der Waals surface area contributed by atoms with Crippen LogP contribution in [-0.4, -0.2) is 42.9 Å². The Morgan fingerprint density at radius 3 is 2.68 bits per heavy atom. The van der Waals surface area contributed by atoms with Gasteiger partial charge in [0.15, 0.2) is 0 Å². The van der Waals surface area contributed by atoms with Gasteiger partial charge in [-0.15, -0.1) is 0 Å². The summed E-state index contributed by atoms with van der Waals surface area (Å²) in [5, 5.41) is 2.76. The number of hydrogen-bond acceptors (Lipinski definition) is 4. The van der Waals surface area contributed by atoms with Crippen LogP contribution in [0, 0.1) is 11.7 Å². The highest BCUT2D eigenvalue weighted by molar-refractivity contribution is 5.98. The second-order valence-electron chi connectivity index (χ2n) is 6.68. The molecule has 0 radical (unpaired) electrons. The Labute approximate surface area is 162 Å². The first-order valence-electron chi connectivity index (χ1n) is 8.97. The number of benzene rings is 2. The Morgan fingerprint density at radius 2 is 1.96 bits per heavy atom. The normalized spacial score (nSPS) is 16.1. The quantitative estimate of drug-likeness (QED) is 0.777. The van der Waals surface area contributed by atoms with Gasteiger partial charge >= 0.3 is 5.97 Å². The zero-order valence-corrected chi connectivity index (χ0v) is 15.5. The number of amides is 2. The van der Waals surface area contributed by atoms with E-state index in [-0.39, 0.29) is 24.1 Å². The molecule has 1 N–H and O–H groups in total. The van der Waals surface area contributed by atoms with Gasteiger partial charge in [-0.1, -0.05) is 18.2 Å². The predicted molar refractivity (Wildman–Crippen MR) is 101 cm³/mol. The number of carbonyl (C=O) groups is 3. The van der Waals surface area contributed by atoms with Gasteiger partial charge in [-0.25, -0.2) is 9.18 Å². The van der Waals surface area contributed by atoms with E-state index in [0.29, 0.717) is 30.8 Å². The number of esters is 1. The largest absolute Gasteiger partial charge is 0.465 e. The third-order valence-corrected chi connectivity index (χ3v) is 4.72. The van der Waals surface area contributed by atoms with Gasteiger partial charge in [-0.2, -0.15) is 0 Å². The fourth-order valence-corrected chi connectivity index (χ4v) is 3.17. The van der Waals surface area contributed by atoms with Gasteiger partial charge in [0.1, 0.15) is 5.82 Å². The van der Waals surface area contributed by atoms with Crippen molar-refractivity contribution < 1.29 is 23.5 Å². The number of nitrogens with zero attached hydrogens (tertiary/aromatic N) is 1. The van der Waals surface area contributed by atoms with Crippen LogP contribution in [0.3, 0.4) is 0 Å². The van der Waals surface area contributed by atoms with Crippen LogP contribution in [0.15, 0.2) is 48.5 Å². The molecule has 6 nitrogen and oxygen atoms in total. The summed E-state index contributed by atoms with van der Waals surface area (Å²) in [6, 6.07) is 12.6. The number of rotatable bonds is 6. The van der Waals surface area contributed by atoms with Crippen LogP contribution in [0.25, 0.3) is 0 Å². The maximum atomic E-state index is 13.0. The van der Waals surface area contributed by atoms with Gasteiger partial charge in [0, 0.05) is 25.2 Å². The van der Waals surface area contributed by atoms with Crippen LogP contribution >= 0.6 is 0 Å². The Kier molecular flexibility index (Phi) is 6.03. The minimum absolute atomic E-state index is 0.0782. The zero-order valence-electron chi connectivity index (χ0n) is 15.5. The van der Waals surface area contributed by atoms with E-state index in [1.165, 1.54) is 25.3 Å². The number of nitrogens with one attached hydrogen (secondary N) is 1. The van der Waals surface area contributed by atoms with Gasteiger partial charge in [0.2, 0.25) is 11.8 Å². The Bertz CT molecular complexity index is 882. The van der Waals surface area contributed by atoms with E-state index in [2.05, 4.69) is 10.1 Å². The summed E-state index contributed by atoms with van der Waals surface area (Å²) in [6.07, 6.45) is 0.744. The van der Waals surface area contributed by atoms with Crippen molar-refractivity contribution in [2.24, 2.45) is 5.92 Å². The van der Waals surface area contributed by atoms with Gasteiger partial charge in [0.05, 0.1) is 18.6 Å². The molecule has 2 aromatic carbocycles. The smallest absolute Gasteiger partial charge is 0.337 e. The third kappa shape index (κ3) is 4.73. The van der Waals surface area contributed by atoms with Crippen LogP contribution in [0.1, 0.15) is 22.3 Å². The first-order valence-corrected chi connectivity index (χ1v) is 8.97. The highest BCUT2D eigenvalue weighted by Crippen LogP contribution is 2.21. The van der Waals surface area contributed by atoms with E-state index >= 15 is 0 Å². The highest BCUT2D eigenvalue weighted by Gasteiger charge is 2.34. The highest BCUT2D eigenvalue weighted by atomic mass is 19.1. The number of anilines is 1. The molecule has 1 heterocycles. The van der Waals surface area contributed by atoms with Crippen LogP contribution in [0.4, 0.5) is 10.1 Å². The van der Waals surface area contributed by atoms with E-state index in [0.717, 1.165) is 5.56 Å². The number of ether oxygens (including phenoxy) is 1. The fraction of sp³-hybridized carbons (Fsp3) is 0.286. The molecule has 7 heteroatoms. The number of likely N-dealkylation sites (tertiary alicyclic amines) is 1. The minimum atomic E-state index is -0.487. The molecule has 1 fully saturated rings. The zero-order chi connectivity index (χ0) is 20.1. The molecular weight excluding hydrogens is 363 g/mol. The van der Waals surface area contributed by atoms with E-state index < -0.39 is 11.9 Å². The maximum absolute atomic E-state index is 13.0. The Morgan fingerprint density at radius 1 is 1.21 bits per heavy atom. The van der Waals surface area contributed by atoms with Crippen LogP contribution in [0.5, 0.6) is 0 Å². The van der Waals surface area contributed by atoms with Crippen molar-refractivity contribution in [1.29, 1.82) is 0 Å². The molecular formula is C21H21FN2O4. The van der Waals surface area contributed by atoms with E-state index in [1.807, 2.05) is 0 Å². The van der Waals surface area contributed by atoms with Gasteiger partial charge < -0.3 is 15.0 Å². The lowest BCUT2D eigenvalue weighted by molar-refractivity contribution is -0.128. The summed E-state index contributed by atoms with van der Waals surface area (Å²) >= 11 is 0. The molecule has 146 valence electrons. The number of carbonyl (C=O) groups excluding carboxylic acids is 3. The van der Waals surface area contributed by atoms with Gasteiger partial charge in [0.25, 0.3) is 0 Å². The van der Waals surface area contributed by atoms with Crippen molar-refractivity contribution in [3.63, 3.8) is 0 Å². The summed E-state index contributed by atoms with van der Waals surface area (Å²) in [5.74, 6) is -1.58. The minimum Gasteiger partial charge on any atom is -0.465 e. The molecule has 1 aliphatic rings. The second-order valence-corrected chi connectivity index (χ2v) is 6.68. The summed E-state index contributed by atoms with van der Waals surface area (Å²) in [5.41, 5.74) is 1.75. The molecule has 0 aromatic heterocycles. The Balaban J connectivity index is 1.56. The molecule has 0 aliphatic carbocycles. The maximum Gasteiger partial charge on any atom is 0.337 e. The summed E-state index contributed by atoms with van der Waals surface area (Å²) in [4.78, 5) is 38.0. The molecule has 1 unspecified atom stereocenters. The molecule has 2 aromatic rings. The lowest BCUT2D eigenvalue weighted by Crippen LogP contribution is -2.30. The average molecular weight is 384 g/mol. The fourth-order valence-electron chi connectivity index (χ4n) is 3.17. The summed E-state index contributed by atoms with van der Waals surface area (Å²) in [7, 11) is 1.29. The SMILES string of the molecule is COC(=O)c1cccc(NC(=O)C2CC(=O)N(CCc3ccc(F)cc3)C2)c1. The monoisotopic (exact) mass is 384 g/mol. The lowest BCUT2D eigenvalue weighted by Gasteiger charge is -2.16. The Hall–Kier alpha value is -3.22. The standard InChI is InChI=1S/C21H21FN2O4/c1-28-21(27)15-3-2-4-18(11-15)23-20(26)16-12-19(25)24(13-16)10-9-14-5-7-17(22)8-6-14/h2-8,11,16H,9-10,12-13H2,1H3,(H,23,26). The topological polar surface area (TPSA) is 75.7 Å². The second kappa shape index (κ2) is 8.65. The number of hydrogen-bond donors (Lipinski definition) is 1. The van der Waals surface area contributed by atoms with Crippen molar-refractivity contribution in [2.75, 3.05) is 25.5 Å². The molecule has 0 saturated carbocycles. The summed E-state index contributed by atoms with van der Waals surface area (Å²) in [6.45, 7) is 0.814. The number of methoxy groups -OCH3 is 1. The molecule has 0 bridgehead atoms. The first-order chi connectivity index (χ1) is 13.5. The van der Waals surface area contributed by atoms with Gasteiger partial charge in [-0.05, 0) is 42.3 Å². The first kappa shape index (κ1) is 19.5. The molecule has 2 amide bonds. The van der Waals surface area contributed by atoms with E-state index in [9.17, 15) is 18.8 Å². The van der Waals surface area contributed by atoms with Crippen LogP contribution in [-0.2, 0) is 20.7 Å². The average Bonchev–Trinajstić information content (AvgIpc) is 3.08. The van der Waals surface area contributed by atoms with Crippen LogP contribution in [0.2, 0.25) is 0 Å². The molecule has 1 atom stereocenters. The number of halogens is 1. The van der Waals surface area contributed by atoms with E-state index in [1.54, 1.807) is 35.2 Å². The van der Waals surface area contributed by atoms with Crippen molar-refractivity contribution in [3.8, 4) is 0 Å². The molecule has 1 saturated heterocycles. The summed E-state index contributed by atoms with van der Waals surface area (Å²) < 4.78 is 17.6. The van der Waals surface area contributed by atoms with Crippen molar-refractivity contribution in [1.82, 2.24) is 4.90 Å². The third-order valence-electron chi connectivity index (χ3n) is 4.72. The lowest BCUT2D eigenvalue weighted by atomic mass is 10.1. The predicted octanol–water partition coefficient (Wildman–Crippen LogP) is 2.64. The van der Waals surface area contributed by atoms with Gasteiger partial charge in [-0.3, -0.25) is 9.59 Å². The molecule has 1 aliphatic heterocycles.